The second kappa shape index (κ2) is 7.83. The number of amides is 1. The quantitative estimate of drug-likeness (QED) is 0.916. The van der Waals surface area contributed by atoms with Crippen molar-refractivity contribution in [3.05, 3.63) is 46.9 Å². The van der Waals surface area contributed by atoms with E-state index in [0.29, 0.717) is 11.5 Å². The zero-order valence-corrected chi connectivity index (χ0v) is 16.0. The first-order valence-electron chi connectivity index (χ1n) is 9.18. The molecule has 0 radical (unpaired) electrons. The zero-order chi connectivity index (χ0) is 18.7. The smallest absolute Gasteiger partial charge is 0.274 e. The van der Waals surface area contributed by atoms with Crippen LogP contribution in [0.5, 0.6) is 0 Å². The molecule has 1 aliphatic heterocycles. The lowest BCUT2D eigenvalue weighted by Gasteiger charge is -2.34. The Morgan fingerprint density at radius 3 is 2.42 bits per heavy atom. The van der Waals surface area contributed by atoms with Crippen LogP contribution in [0, 0.1) is 20.8 Å². The second-order valence-corrected chi connectivity index (χ2v) is 6.83. The molecule has 1 fully saturated rings. The standard InChI is InChI=1S/C20H27N5O/c1-5-24-8-10-25(11-9-24)19-13-18(21-16(4)22-19)20(26)23-17-7-6-14(2)15(3)12-17/h6-7,12-13H,5,8-11H2,1-4H3,(H,23,26). The van der Waals surface area contributed by atoms with Crippen LogP contribution in [0.3, 0.4) is 0 Å². The molecule has 0 atom stereocenters. The maximum atomic E-state index is 12.7. The Hall–Kier alpha value is -2.47. The van der Waals surface area contributed by atoms with Gasteiger partial charge in [0, 0.05) is 37.9 Å². The highest BCUT2D eigenvalue weighted by Gasteiger charge is 2.19. The van der Waals surface area contributed by atoms with E-state index in [1.165, 1.54) is 5.56 Å². The van der Waals surface area contributed by atoms with Crippen molar-refractivity contribution in [2.75, 3.05) is 42.9 Å². The van der Waals surface area contributed by atoms with E-state index in [0.717, 1.165) is 49.8 Å². The minimum atomic E-state index is -0.202. The molecule has 0 bridgehead atoms. The van der Waals surface area contributed by atoms with Crippen LogP contribution in [0.15, 0.2) is 24.3 Å². The van der Waals surface area contributed by atoms with Crippen molar-refractivity contribution in [1.29, 1.82) is 0 Å². The fourth-order valence-electron chi connectivity index (χ4n) is 3.14. The summed E-state index contributed by atoms with van der Waals surface area (Å²) in [5.74, 6) is 1.25. The monoisotopic (exact) mass is 353 g/mol. The van der Waals surface area contributed by atoms with Gasteiger partial charge in [0.25, 0.3) is 5.91 Å². The summed E-state index contributed by atoms with van der Waals surface area (Å²) in [5.41, 5.74) is 3.54. The van der Waals surface area contributed by atoms with Crippen molar-refractivity contribution in [3.63, 3.8) is 0 Å². The number of likely N-dealkylation sites (N-methyl/N-ethyl adjacent to an activating group) is 1. The number of hydrogen-bond acceptors (Lipinski definition) is 5. The van der Waals surface area contributed by atoms with Crippen molar-refractivity contribution >= 4 is 17.4 Å². The topological polar surface area (TPSA) is 61.4 Å². The van der Waals surface area contributed by atoms with Gasteiger partial charge >= 0.3 is 0 Å². The van der Waals surface area contributed by atoms with Crippen LogP contribution in [0.2, 0.25) is 0 Å². The number of rotatable bonds is 4. The predicted octanol–water partition coefficient (Wildman–Crippen LogP) is 2.80. The number of anilines is 2. The molecule has 6 heteroatoms. The van der Waals surface area contributed by atoms with E-state index in [1.807, 2.05) is 32.0 Å². The van der Waals surface area contributed by atoms with Gasteiger partial charge in [-0.2, -0.15) is 0 Å². The van der Waals surface area contributed by atoms with Crippen LogP contribution in [-0.4, -0.2) is 53.5 Å². The average molecular weight is 353 g/mol. The van der Waals surface area contributed by atoms with Crippen molar-refractivity contribution in [2.45, 2.75) is 27.7 Å². The Bertz CT molecular complexity index is 797. The minimum absolute atomic E-state index is 0.202. The highest BCUT2D eigenvalue weighted by atomic mass is 16.1. The van der Waals surface area contributed by atoms with Gasteiger partial charge in [-0.05, 0) is 50.6 Å². The van der Waals surface area contributed by atoms with E-state index >= 15 is 0 Å². The summed E-state index contributed by atoms with van der Waals surface area (Å²) >= 11 is 0. The summed E-state index contributed by atoms with van der Waals surface area (Å²) < 4.78 is 0. The van der Waals surface area contributed by atoms with Gasteiger partial charge in [0.15, 0.2) is 0 Å². The Balaban J connectivity index is 1.76. The molecule has 26 heavy (non-hydrogen) atoms. The van der Waals surface area contributed by atoms with E-state index in [4.69, 9.17) is 0 Å². The fourth-order valence-corrected chi connectivity index (χ4v) is 3.14. The number of benzene rings is 1. The van der Waals surface area contributed by atoms with E-state index in [9.17, 15) is 4.79 Å². The predicted molar refractivity (Wildman–Crippen MR) is 105 cm³/mol. The number of piperazine rings is 1. The lowest BCUT2D eigenvalue weighted by atomic mass is 10.1. The first-order valence-corrected chi connectivity index (χ1v) is 9.18. The molecule has 2 aromatic rings. The Kier molecular flexibility index (Phi) is 5.52. The van der Waals surface area contributed by atoms with Gasteiger partial charge < -0.3 is 15.1 Å². The fraction of sp³-hybridized carbons (Fsp3) is 0.450. The molecule has 1 saturated heterocycles. The summed E-state index contributed by atoms with van der Waals surface area (Å²) in [6, 6.07) is 7.70. The van der Waals surface area contributed by atoms with Gasteiger partial charge in [-0.25, -0.2) is 9.97 Å². The Labute approximate surface area is 155 Å². The number of hydrogen-bond donors (Lipinski definition) is 1. The highest BCUT2D eigenvalue weighted by Crippen LogP contribution is 2.18. The SMILES string of the molecule is CCN1CCN(c2cc(C(=O)Nc3ccc(C)c(C)c3)nc(C)n2)CC1. The van der Waals surface area contributed by atoms with Crippen molar-refractivity contribution in [3.8, 4) is 0 Å². The molecule has 0 saturated carbocycles. The molecule has 0 spiro atoms. The third-order valence-corrected chi connectivity index (χ3v) is 4.97. The van der Waals surface area contributed by atoms with Crippen molar-refractivity contribution < 1.29 is 4.79 Å². The molecule has 3 rings (SSSR count). The number of carbonyl (C=O) groups is 1. The van der Waals surface area contributed by atoms with E-state index < -0.39 is 0 Å². The maximum Gasteiger partial charge on any atom is 0.274 e. The third kappa shape index (κ3) is 4.19. The molecule has 2 heterocycles. The molecular formula is C20H27N5O. The van der Waals surface area contributed by atoms with Gasteiger partial charge in [-0.15, -0.1) is 0 Å². The molecule has 1 aromatic heterocycles. The number of aromatic nitrogens is 2. The maximum absolute atomic E-state index is 12.7. The lowest BCUT2D eigenvalue weighted by molar-refractivity contribution is 0.102. The Morgan fingerprint density at radius 1 is 1.04 bits per heavy atom. The van der Waals surface area contributed by atoms with Gasteiger partial charge in [0.1, 0.15) is 17.3 Å². The number of nitrogens with one attached hydrogen (secondary N) is 1. The lowest BCUT2D eigenvalue weighted by Crippen LogP contribution is -2.46. The molecule has 1 aromatic carbocycles. The third-order valence-electron chi connectivity index (χ3n) is 4.97. The van der Waals surface area contributed by atoms with Gasteiger partial charge in [0.05, 0.1) is 0 Å². The highest BCUT2D eigenvalue weighted by molar-refractivity contribution is 6.03. The summed E-state index contributed by atoms with van der Waals surface area (Å²) in [7, 11) is 0. The summed E-state index contributed by atoms with van der Waals surface area (Å²) in [5, 5.41) is 2.94. The molecule has 138 valence electrons. The average Bonchev–Trinajstić information content (AvgIpc) is 2.64. The van der Waals surface area contributed by atoms with Crippen LogP contribution in [-0.2, 0) is 0 Å². The van der Waals surface area contributed by atoms with E-state index in [-0.39, 0.29) is 5.91 Å². The first-order chi connectivity index (χ1) is 12.5. The van der Waals surface area contributed by atoms with Gasteiger partial charge in [0.2, 0.25) is 0 Å². The molecule has 1 amide bonds. The largest absolute Gasteiger partial charge is 0.354 e. The van der Waals surface area contributed by atoms with Crippen molar-refractivity contribution in [2.24, 2.45) is 0 Å². The molecule has 0 unspecified atom stereocenters. The molecule has 0 aliphatic carbocycles. The molecular weight excluding hydrogens is 326 g/mol. The summed E-state index contributed by atoms with van der Waals surface area (Å²) in [4.78, 5) is 26.2. The second-order valence-electron chi connectivity index (χ2n) is 6.83. The normalized spacial score (nSPS) is 15.2. The Morgan fingerprint density at radius 2 is 1.77 bits per heavy atom. The van der Waals surface area contributed by atoms with Crippen LogP contribution in [0.4, 0.5) is 11.5 Å². The molecule has 1 N–H and O–H groups in total. The van der Waals surface area contributed by atoms with Crippen LogP contribution in [0.1, 0.15) is 34.4 Å². The molecule has 1 aliphatic rings. The number of carbonyl (C=O) groups excluding carboxylic acids is 1. The first kappa shape index (κ1) is 18.3. The van der Waals surface area contributed by atoms with E-state index in [1.54, 1.807) is 6.07 Å². The number of aryl methyl sites for hydroxylation is 3. The van der Waals surface area contributed by atoms with Crippen LogP contribution >= 0.6 is 0 Å². The summed E-state index contributed by atoms with van der Waals surface area (Å²) in [6.07, 6.45) is 0. The van der Waals surface area contributed by atoms with Gasteiger partial charge in [-0.3, -0.25) is 4.79 Å². The summed E-state index contributed by atoms with van der Waals surface area (Å²) in [6.45, 7) is 13.0. The van der Waals surface area contributed by atoms with Crippen molar-refractivity contribution in [1.82, 2.24) is 14.9 Å². The van der Waals surface area contributed by atoms with Gasteiger partial charge in [-0.1, -0.05) is 13.0 Å². The van der Waals surface area contributed by atoms with Crippen LogP contribution in [0.25, 0.3) is 0 Å². The minimum Gasteiger partial charge on any atom is -0.354 e. The zero-order valence-electron chi connectivity index (χ0n) is 16.0. The number of nitrogens with zero attached hydrogens (tertiary/aromatic N) is 4. The van der Waals surface area contributed by atoms with Crippen LogP contribution < -0.4 is 10.2 Å². The van der Waals surface area contributed by atoms with E-state index in [2.05, 4.69) is 38.9 Å². The molecule has 6 nitrogen and oxygen atoms in total.